The van der Waals surface area contributed by atoms with Gasteiger partial charge in [-0.05, 0) is 72.2 Å². The van der Waals surface area contributed by atoms with Gasteiger partial charge in [0.1, 0.15) is 5.82 Å². The highest BCUT2D eigenvalue weighted by Crippen LogP contribution is 2.48. The number of sulfonamides is 1. The van der Waals surface area contributed by atoms with E-state index in [2.05, 4.69) is 5.43 Å². The summed E-state index contributed by atoms with van der Waals surface area (Å²) >= 11 is 0. The molecule has 0 unspecified atom stereocenters. The van der Waals surface area contributed by atoms with Crippen LogP contribution in [0, 0.1) is 17.7 Å². The molecule has 1 heterocycles. The molecule has 40 heavy (non-hydrogen) atoms. The van der Waals surface area contributed by atoms with Crippen LogP contribution in [0.4, 0.5) is 23.2 Å². The molecule has 3 aliphatic rings. The number of hydrazine groups is 1. The molecule has 2 aromatic carbocycles. The van der Waals surface area contributed by atoms with Gasteiger partial charge in [-0.1, -0.05) is 36.8 Å². The smallest absolute Gasteiger partial charge is 0.392 e. The SMILES string of the molecule is C[C@H]1C2=CNN(c3ccc(F)cc3)C2=CC2=C1[C@@H](CN(CCc1ccccc1CO)S(=O)(=O)CC(F)(F)F)CC2. The van der Waals surface area contributed by atoms with Crippen molar-refractivity contribution in [1.82, 2.24) is 9.73 Å². The number of aliphatic hydroxyl groups excluding tert-OH is 1. The first-order chi connectivity index (χ1) is 19.0. The number of allylic oxidation sites excluding steroid dienone is 3. The van der Waals surface area contributed by atoms with E-state index in [0.717, 1.165) is 32.4 Å². The maximum atomic E-state index is 13.5. The Hall–Kier alpha value is -3.15. The molecule has 0 fully saturated rings. The standard InChI is InChI=1S/C29H31F4N3O3S/c1-19-26-15-34-36(25-10-8-24(30)9-11-25)27(26)14-21-6-7-22(28(19)21)16-35(40(38,39)18-29(31,32)33)13-12-20-4-2-3-5-23(20)17-37/h2-5,8-11,14-15,19,22,34,37H,6-7,12-13,16-18H2,1H3/t19-,22+/m0/s1. The summed E-state index contributed by atoms with van der Waals surface area (Å²) in [7, 11) is -4.64. The third kappa shape index (κ3) is 5.82. The number of rotatable bonds is 9. The fourth-order valence-electron chi connectivity index (χ4n) is 5.99. The van der Waals surface area contributed by atoms with Gasteiger partial charge in [-0.15, -0.1) is 0 Å². The van der Waals surface area contributed by atoms with Crippen LogP contribution in [-0.4, -0.2) is 42.8 Å². The van der Waals surface area contributed by atoms with E-state index in [0.29, 0.717) is 24.0 Å². The molecule has 2 aliphatic carbocycles. The predicted octanol–water partition coefficient (Wildman–Crippen LogP) is 5.20. The fraction of sp³-hybridized carbons (Fsp3) is 0.379. The summed E-state index contributed by atoms with van der Waals surface area (Å²) in [5.41, 5.74) is 9.29. The second-order valence-electron chi connectivity index (χ2n) is 10.4. The number of benzene rings is 2. The molecule has 0 amide bonds. The molecule has 11 heteroatoms. The van der Waals surface area contributed by atoms with Crippen LogP contribution in [0.2, 0.25) is 0 Å². The average molecular weight is 578 g/mol. The zero-order valence-electron chi connectivity index (χ0n) is 22.0. The van der Waals surface area contributed by atoms with E-state index < -0.39 is 22.0 Å². The molecule has 0 aromatic heterocycles. The van der Waals surface area contributed by atoms with Gasteiger partial charge in [0.15, 0.2) is 5.75 Å². The maximum Gasteiger partial charge on any atom is 0.404 e. The van der Waals surface area contributed by atoms with Crippen molar-refractivity contribution in [2.75, 3.05) is 23.9 Å². The first-order valence-corrected chi connectivity index (χ1v) is 14.8. The largest absolute Gasteiger partial charge is 0.404 e. The number of halogens is 4. The van der Waals surface area contributed by atoms with E-state index >= 15 is 0 Å². The number of hydrogen-bond acceptors (Lipinski definition) is 5. The van der Waals surface area contributed by atoms with Gasteiger partial charge in [-0.25, -0.2) is 17.1 Å². The van der Waals surface area contributed by atoms with E-state index in [1.165, 1.54) is 12.1 Å². The van der Waals surface area contributed by atoms with Gasteiger partial charge in [0.05, 0.1) is 18.0 Å². The summed E-state index contributed by atoms with van der Waals surface area (Å²) in [5.74, 6) is -2.57. The number of fused-ring (bicyclic) bond motifs is 1. The Morgan fingerprint density at radius 1 is 1.10 bits per heavy atom. The van der Waals surface area contributed by atoms with Crippen LogP contribution < -0.4 is 10.4 Å². The number of hydrogen-bond donors (Lipinski definition) is 2. The van der Waals surface area contributed by atoms with Gasteiger partial charge in [0.2, 0.25) is 10.0 Å². The number of anilines is 1. The summed E-state index contributed by atoms with van der Waals surface area (Å²) in [6.07, 6.45) is 0.535. The molecular formula is C29H31F4N3O3S. The predicted molar refractivity (Wildman–Crippen MR) is 145 cm³/mol. The van der Waals surface area contributed by atoms with E-state index in [1.807, 2.05) is 24.2 Å². The molecular weight excluding hydrogens is 546 g/mol. The van der Waals surface area contributed by atoms with E-state index in [1.54, 1.807) is 36.4 Å². The highest BCUT2D eigenvalue weighted by atomic mass is 32.2. The fourth-order valence-corrected chi connectivity index (χ4v) is 7.37. The number of nitrogens with zero attached hydrogens (tertiary/aromatic N) is 2. The Morgan fingerprint density at radius 3 is 2.48 bits per heavy atom. The van der Waals surface area contributed by atoms with Crippen molar-refractivity contribution in [3.05, 3.63) is 100 Å². The summed E-state index contributed by atoms with van der Waals surface area (Å²) in [4.78, 5) is 0. The molecule has 6 nitrogen and oxygen atoms in total. The molecule has 0 radical (unpaired) electrons. The van der Waals surface area contributed by atoms with Gasteiger partial charge in [0, 0.05) is 30.8 Å². The summed E-state index contributed by atoms with van der Waals surface area (Å²) in [6.45, 7) is 1.62. The Balaban J connectivity index is 1.41. The molecule has 2 N–H and O–H groups in total. The van der Waals surface area contributed by atoms with Gasteiger partial charge in [-0.2, -0.15) is 13.2 Å². The lowest BCUT2D eigenvalue weighted by Crippen LogP contribution is -2.42. The molecule has 0 bridgehead atoms. The minimum Gasteiger partial charge on any atom is -0.392 e. The van der Waals surface area contributed by atoms with Crippen molar-refractivity contribution in [2.24, 2.45) is 11.8 Å². The van der Waals surface area contributed by atoms with Crippen LogP contribution >= 0.6 is 0 Å². The summed E-state index contributed by atoms with van der Waals surface area (Å²) < 4.78 is 80.4. The highest BCUT2D eigenvalue weighted by molar-refractivity contribution is 7.89. The van der Waals surface area contributed by atoms with Gasteiger partial charge in [-0.3, -0.25) is 5.01 Å². The number of alkyl halides is 3. The molecule has 2 atom stereocenters. The molecule has 214 valence electrons. The second kappa shape index (κ2) is 11.0. The minimum atomic E-state index is -4.86. The first-order valence-electron chi connectivity index (χ1n) is 13.2. The maximum absolute atomic E-state index is 13.5. The van der Waals surface area contributed by atoms with Gasteiger partial charge in [0.25, 0.3) is 0 Å². The molecule has 0 saturated carbocycles. The van der Waals surface area contributed by atoms with E-state index in [-0.39, 0.29) is 43.8 Å². The quantitative estimate of drug-likeness (QED) is 0.401. The third-order valence-corrected chi connectivity index (χ3v) is 9.68. The molecule has 0 spiro atoms. The Morgan fingerprint density at radius 2 is 1.80 bits per heavy atom. The van der Waals surface area contributed by atoms with Gasteiger partial charge >= 0.3 is 6.18 Å². The third-order valence-electron chi connectivity index (χ3n) is 7.87. The normalized spacial score (nSPS) is 20.8. The van der Waals surface area contributed by atoms with Crippen molar-refractivity contribution in [2.45, 2.75) is 39.0 Å². The molecule has 5 rings (SSSR count). The van der Waals surface area contributed by atoms with Crippen LogP contribution in [0.25, 0.3) is 0 Å². The minimum absolute atomic E-state index is 0.0472. The average Bonchev–Trinajstić information content (AvgIpc) is 3.50. The van der Waals surface area contributed by atoms with Crippen molar-refractivity contribution >= 4 is 15.7 Å². The monoisotopic (exact) mass is 577 g/mol. The van der Waals surface area contributed by atoms with Crippen LogP contribution in [0.5, 0.6) is 0 Å². The highest BCUT2D eigenvalue weighted by Gasteiger charge is 2.42. The lowest BCUT2D eigenvalue weighted by atomic mass is 9.80. The Bertz CT molecular complexity index is 1470. The number of aliphatic hydroxyl groups is 1. The van der Waals surface area contributed by atoms with Crippen LogP contribution in [0.3, 0.4) is 0 Å². The van der Waals surface area contributed by atoms with Crippen LogP contribution in [-0.2, 0) is 23.1 Å². The van der Waals surface area contributed by atoms with E-state index in [4.69, 9.17) is 0 Å². The van der Waals surface area contributed by atoms with Crippen molar-refractivity contribution in [3.63, 3.8) is 0 Å². The lowest BCUT2D eigenvalue weighted by molar-refractivity contribution is -0.107. The van der Waals surface area contributed by atoms with Crippen molar-refractivity contribution in [1.29, 1.82) is 0 Å². The van der Waals surface area contributed by atoms with Crippen molar-refractivity contribution in [3.8, 4) is 0 Å². The second-order valence-corrected chi connectivity index (χ2v) is 12.4. The topological polar surface area (TPSA) is 72.9 Å². The van der Waals surface area contributed by atoms with Gasteiger partial charge < -0.3 is 10.5 Å². The van der Waals surface area contributed by atoms with Crippen molar-refractivity contribution < 1.29 is 31.1 Å². The van der Waals surface area contributed by atoms with E-state index in [9.17, 15) is 31.1 Å². The zero-order chi connectivity index (χ0) is 28.7. The zero-order valence-corrected chi connectivity index (χ0v) is 22.8. The molecule has 0 saturated heterocycles. The molecule has 1 aliphatic heterocycles. The Labute approximate surface area is 231 Å². The van der Waals surface area contributed by atoms with Crippen LogP contribution in [0.1, 0.15) is 30.9 Å². The Kier molecular flexibility index (Phi) is 7.82. The lowest BCUT2D eigenvalue weighted by Gasteiger charge is -2.32. The molecule has 2 aromatic rings. The number of nitrogens with one attached hydrogen (secondary N) is 1. The van der Waals surface area contributed by atoms with Crippen LogP contribution in [0.15, 0.2) is 83.2 Å². The summed E-state index contributed by atoms with van der Waals surface area (Å²) in [6, 6.07) is 13.1. The summed E-state index contributed by atoms with van der Waals surface area (Å²) in [5, 5.41) is 11.5. The first kappa shape index (κ1) is 28.4.